The molecule has 0 aromatic carbocycles. The van der Waals surface area contributed by atoms with Crippen LogP contribution < -0.4 is 5.32 Å². The van der Waals surface area contributed by atoms with Crippen molar-refractivity contribution in [2.75, 3.05) is 25.0 Å². The van der Waals surface area contributed by atoms with Gasteiger partial charge in [0, 0.05) is 20.0 Å². The standard InChI is InChI=1S/C16H21N3O3/c1-11(20)18-13-5-6-14(17-9-13)16(21)19-7-8-22-15(10-19)12-3-2-4-12/h5-6,9,12,15H,2-4,7-8,10H2,1H3,(H,18,20). The molecule has 3 rings (SSSR count). The van der Waals surface area contributed by atoms with Gasteiger partial charge < -0.3 is 15.0 Å². The first kappa shape index (κ1) is 15.0. The normalized spacial score (nSPS) is 22.0. The third kappa shape index (κ3) is 3.27. The molecule has 1 aromatic heterocycles. The van der Waals surface area contributed by atoms with Gasteiger partial charge in [-0.05, 0) is 30.9 Å². The highest BCUT2D eigenvalue weighted by atomic mass is 16.5. The maximum absolute atomic E-state index is 12.5. The molecule has 1 aliphatic carbocycles. The second kappa shape index (κ2) is 6.44. The minimum Gasteiger partial charge on any atom is -0.374 e. The Hall–Kier alpha value is -1.95. The van der Waals surface area contributed by atoms with Crippen molar-refractivity contribution in [2.45, 2.75) is 32.3 Å². The van der Waals surface area contributed by atoms with Crippen molar-refractivity contribution in [3.05, 3.63) is 24.0 Å². The van der Waals surface area contributed by atoms with E-state index < -0.39 is 0 Å². The van der Waals surface area contributed by atoms with Crippen LogP contribution in [0.15, 0.2) is 18.3 Å². The molecule has 2 heterocycles. The lowest BCUT2D eigenvalue weighted by molar-refractivity contribution is -0.114. The van der Waals surface area contributed by atoms with Gasteiger partial charge in [-0.15, -0.1) is 0 Å². The average molecular weight is 303 g/mol. The van der Waals surface area contributed by atoms with E-state index in [9.17, 15) is 9.59 Å². The second-order valence-corrected chi connectivity index (χ2v) is 5.96. The highest BCUT2D eigenvalue weighted by Crippen LogP contribution is 2.32. The lowest BCUT2D eigenvalue weighted by Crippen LogP contribution is -2.49. The zero-order chi connectivity index (χ0) is 15.5. The monoisotopic (exact) mass is 303 g/mol. The molecule has 0 spiro atoms. The van der Waals surface area contributed by atoms with Crippen LogP contribution >= 0.6 is 0 Å². The molecule has 0 bridgehead atoms. The second-order valence-electron chi connectivity index (χ2n) is 5.96. The van der Waals surface area contributed by atoms with Gasteiger partial charge in [-0.3, -0.25) is 9.59 Å². The number of ether oxygens (including phenoxy) is 1. The van der Waals surface area contributed by atoms with Gasteiger partial charge >= 0.3 is 0 Å². The van der Waals surface area contributed by atoms with Crippen molar-refractivity contribution in [3.63, 3.8) is 0 Å². The van der Waals surface area contributed by atoms with E-state index in [0.29, 0.717) is 37.0 Å². The summed E-state index contributed by atoms with van der Waals surface area (Å²) in [6.45, 7) is 3.29. The van der Waals surface area contributed by atoms with Crippen molar-refractivity contribution in [1.29, 1.82) is 0 Å². The quantitative estimate of drug-likeness (QED) is 0.922. The molecule has 1 aliphatic heterocycles. The summed E-state index contributed by atoms with van der Waals surface area (Å²) in [5.74, 6) is 0.380. The predicted octanol–water partition coefficient (Wildman–Crippen LogP) is 1.68. The molecule has 22 heavy (non-hydrogen) atoms. The molecule has 1 unspecified atom stereocenters. The summed E-state index contributed by atoms with van der Waals surface area (Å²) in [6, 6.07) is 3.35. The van der Waals surface area contributed by atoms with E-state index in [0.717, 1.165) is 0 Å². The van der Waals surface area contributed by atoms with Gasteiger partial charge in [0.1, 0.15) is 5.69 Å². The largest absolute Gasteiger partial charge is 0.374 e. The van der Waals surface area contributed by atoms with Crippen LogP contribution in [0.25, 0.3) is 0 Å². The number of pyridine rings is 1. The summed E-state index contributed by atoms with van der Waals surface area (Å²) in [7, 11) is 0. The molecular formula is C16H21N3O3. The minimum absolute atomic E-state index is 0.0676. The number of anilines is 1. The fraction of sp³-hybridized carbons (Fsp3) is 0.562. The summed E-state index contributed by atoms with van der Waals surface area (Å²) in [5, 5.41) is 2.64. The summed E-state index contributed by atoms with van der Waals surface area (Å²) in [4.78, 5) is 29.5. The first-order chi connectivity index (χ1) is 10.6. The van der Waals surface area contributed by atoms with Gasteiger partial charge in [-0.1, -0.05) is 6.42 Å². The molecule has 6 nitrogen and oxygen atoms in total. The van der Waals surface area contributed by atoms with Crippen molar-refractivity contribution in [3.8, 4) is 0 Å². The number of carbonyl (C=O) groups excluding carboxylic acids is 2. The minimum atomic E-state index is -0.155. The SMILES string of the molecule is CC(=O)Nc1ccc(C(=O)N2CCOC(C3CCC3)C2)nc1. The summed E-state index contributed by atoms with van der Waals surface area (Å²) in [5.41, 5.74) is 1.00. The molecule has 1 aromatic rings. The van der Waals surface area contributed by atoms with E-state index >= 15 is 0 Å². The third-order valence-corrected chi connectivity index (χ3v) is 4.36. The van der Waals surface area contributed by atoms with Gasteiger partial charge in [0.25, 0.3) is 5.91 Å². The van der Waals surface area contributed by atoms with Gasteiger partial charge in [0.05, 0.1) is 24.6 Å². The molecule has 2 amide bonds. The number of hydrogen-bond donors (Lipinski definition) is 1. The van der Waals surface area contributed by atoms with E-state index in [1.54, 1.807) is 12.1 Å². The highest BCUT2D eigenvalue weighted by molar-refractivity contribution is 5.93. The number of morpholine rings is 1. The van der Waals surface area contributed by atoms with Crippen molar-refractivity contribution in [2.24, 2.45) is 5.92 Å². The van der Waals surface area contributed by atoms with Crippen LogP contribution in [0, 0.1) is 5.92 Å². The Labute approximate surface area is 129 Å². The van der Waals surface area contributed by atoms with Crippen LogP contribution in [0.5, 0.6) is 0 Å². The van der Waals surface area contributed by atoms with Gasteiger partial charge in [0.2, 0.25) is 5.91 Å². The van der Waals surface area contributed by atoms with E-state index in [-0.39, 0.29) is 17.9 Å². The van der Waals surface area contributed by atoms with E-state index in [2.05, 4.69) is 10.3 Å². The first-order valence-electron chi connectivity index (χ1n) is 7.78. The van der Waals surface area contributed by atoms with Crippen molar-refractivity contribution in [1.82, 2.24) is 9.88 Å². The molecule has 1 saturated carbocycles. The molecule has 0 radical (unpaired) electrons. The molecular weight excluding hydrogens is 282 g/mol. The van der Waals surface area contributed by atoms with Crippen LogP contribution in [-0.4, -0.2) is 47.5 Å². The third-order valence-electron chi connectivity index (χ3n) is 4.36. The fourth-order valence-corrected chi connectivity index (χ4v) is 2.92. The Balaban J connectivity index is 1.63. The Morgan fingerprint density at radius 2 is 2.18 bits per heavy atom. The molecule has 1 N–H and O–H groups in total. The lowest BCUT2D eigenvalue weighted by atomic mass is 9.80. The van der Waals surface area contributed by atoms with Crippen LogP contribution in [-0.2, 0) is 9.53 Å². The van der Waals surface area contributed by atoms with Crippen LogP contribution in [0.2, 0.25) is 0 Å². The fourth-order valence-electron chi connectivity index (χ4n) is 2.92. The lowest BCUT2D eigenvalue weighted by Gasteiger charge is -2.40. The summed E-state index contributed by atoms with van der Waals surface area (Å²) < 4.78 is 5.80. The summed E-state index contributed by atoms with van der Waals surface area (Å²) >= 11 is 0. The van der Waals surface area contributed by atoms with Crippen LogP contribution in [0.1, 0.15) is 36.7 Å². The zero-order valence-electron chi connectivity index (χ0n) is 12.7. The molecule has 118 valence electrons. The number of rotatable bonds is 3. The smallest absolute Gasteiger partial charge is 0.272 e. The van der Waals surface area contributed by atoms with Gasteiger partial charge in [-0.25, -0.2) is 4.98 Å². The molecule has 2 fully saturated rings. The van der Waals surface area contributed by atoms with E-state index in [1.165, 1.54) is 32.4 Å². The first-order valence-corrected chi connectivity index (χ1v) is 7.78. The number of carbonyl (C=O) groups is 2. The maximum Gasteiger partial charge on any atom is 0.272 e. The van der Waals surface area contributed by atoms with E-state index in [4.69, 9.17) is 4.74 Å². The van der Waals surface area contributed by atoms with Gasteiger partial charge in [0.15, 0.2) is 0 Å². The number of nitrogens with one attached hydrogen (secondary N) is 1. The van der Waals surface area contributed by atoms with Crippen molar-refractivity contribution >= 4 is 17.5 Å². The number of hydrogen-bond acceptors (Lipinski definition) is 4. The maximum atomic E-state index is 12.5. The average Bonchev–Trinajstić information content (AvgIpc) is 2.45. The Bertz CT molecular complexity index is 554. The summed E-state index contributed by atoms with van der Waals surface area (Å²) in [6.07, 6.45) is 5.36. The van der Waals surface area contributed by atoms with Crippen LogP contribution in [0.4, 0.5) is 5.69 Å². The Morgan fingerprint density at radius 1 is 1.36 bits per heavy atom. The molecule has 1 saturated heterocycles. The number of amides is 2. The zero-order valence-corrected chi connectivity index (χ0v) is 12.7. The molecule has 1 atom stereocenters. The molecule has 6 heteroatoms. The highest BCUT2D eigenvalue weighted by Gasteiger charge is 2.33. The van der Waals surface area contributed by atoms with Crippen molar-refractivity contribution < 1.29 is 14.3 Å². The number of nitrogens with zero attached hydrogens (tertiary/aromatic N) is 2. The van der Waals surface area contributed by atoms with Gasteiger partial charge in [-0.2, -0.15) is 0 Å². The molecule has 2 aliphatic rings. The topological polar surface area (TPSA) is 71.5 Å². The Kier molecular flexibility index (Phi) is 4.38. The number of aromatic nitrogens is 1. The van der Waals surface area contributed by atoms with Crippen LogP contribution in [0.3, 0.4) is 0 Å². The van der Waals surface area contributed by atoms with E-state index in [1.807, 2.05) is 4.90 Å². The Morgan fingerprint density at radius 3 is 2.77 bits per heavy atom. The predicted molar refractivity (Wildman–Crippen MR) is 81.5 cm³/mol.